The highest BCUT2D eigenvalue weighted by atomic mass is 79.9. The number of hydrogen-bond acceptors (Lipinski definition) is 4. The van der Waals surface area contributed by atoms with Crippen LogP contribution in [0.3, 0.4) is 0 Å². The van der Waals surface area contributed by atoms with E-state index in [0.717, 1.165) is 36.5 Å². The Labute approximate surface area is 103 Å². The van der Waals surface area contributed by atoms with Crippen molar-refractivity contribution in [2.45, 2.75) is 0 Å². The van der Waals surface area contributed by atoms with Crippen molar-refractivity contribution in [3.8, 4) is 5.75 Å². The molecule has 0 unspecified atom stereocenters. The van der Waals surface area contributed by atoms with Crippen LogP contribution in [0, 0.1) is 0 Å². The summed E-state index contributed by atoms with van der Waals surface area (Å²) in [5.74, 6) is 0.705. The van der Waals surface area contributed by atoms with Crippen molar-refractivity contribution >= 4 is 27.3 Å². The number of nitrogens with zero attached hydrogens (tertiary/aromatic N) is 1. The molecule has 0 aliphatic carbocycles. The Hall–Kier alpha value is -0.940. The Kier molecular flexibility index (Phi) is 3.56. The van der Waals surface area contributed by atoms with Crippen molar-refractivity contribution in [1.29, 1.82) is 0 Å². The molecule has 0 aromatic heterocycles. The largest absolute Gasteiger partial charge is 0.494 e. The summed E-state index contributed by atoms with van der Waals surface area (Å²) >= 11 is 3.46. The molecule has 1 saturated heterocycles. The zero-order valence-corrected chi connectivity index (χ0v) is 10.8. The summed E-state index contributed by atoms with van der Waals surface area (Å²) < 4.78 is 11.5. The second-order valence-electron chi connectivity index (χ2n) is 3.64. The van der Waals surface area contributed by atoms with E-state index in [1.807, 2.05) is 12.1 Å². The first-order valence-corrected chi connectivity index (χ1v) is 5.97. The molecular formula is C11H15BrN2O2. The van der Waals surface area contributed by atoms with Crippen molar-refractivity contribution in [1.82, 2.24) is 0 Å². The second-order valence-corrected chi connectivity index (χ2v) is 4.56. The molecular weight excluding hydrogens is 272 g/mol. The Morgan fingerprint density at radius 1 is 1.38 bits per heavy atom. The van der Waals surface area contributed by atoms with Crippen LogP contribution < -0.4 is 15.4 Å². The molecule has 0 amide bonds. The zero-order valence-electron chi connectivity index (χ0n) is 9.20. The van der Waals surface area contributed by atoms with Crippen molar-refractivity contribution in [3.05, 3.63) is 16.6 Å². The summed E-state index contributed by atoms with van der Waals surface area (Å²) in [6.45, 7) is 3.22. The summed E-state index contributed by atoms with van der Waals surface area (Å²) in [4.78, 5) is 2.21. The van der Waals surface area contributed by atoms with Crippen LogP contribution in [0.25, 0.3) is 0 Å². The van der Waals surface area contributed by atoms with Gasteiger partial charge in [0.2, 0.25) is 0 Å². The third-order valence-electron chi connectivity index (χ3n) is 2.66. The quantitative estimate of drug-likeness (QED) is 0.844. The molecule has 5 heteroatoms. The summed E-state index contributed by atoms with van der Waals surface area (Å²) in [5, 5.41) is 0. The van der Waals surface area contributed by atoms with Gasteiger partial charge in [-0.25, -0.2) is 0 Å². The first-order chi connectivity index (χ1) is 7.72. The van der Waals surface area contributed by atoms with Gasteiger partial charge in [-0.3, -0.25) is 0 Å². The predicted octanol–water partition coefficient (Wildman–Crippen LogP) is 1.88. The Morgan fingerprint density at radius 3 is 2.69 bits per heavy atom. The van der Waals surface area contributed by atoms with Crippen molar-refractivity contribution in [2.24, 2.45) is 0 Å². The van der Waals surface area contributed by atoms with Crippen LogP contribution in [0.4, 0.5) is 11.4 Å². The van der Waals surface area contributed by atoms with E-state index in [4.69, 9.17) is 15.2 Å². The van der Waals surface area contributed by atoms with Gasteiger partial charge < -0.3 is 20.1 Å². The molecule has 0 saturated carbocycles. The van der Waals surface area contributed by atoms with Crippen LogP contribution >= 0.6 is 15.9 Å². The summed E-state index contributed by atoms with van der Waals surface area (Å²) in [7, 11) is 1.63. The number of hydrogen-bond donors (Lipinski definition) is 1. The highest BCUT2D eigenvalue weighted by Crippen LogP contribution is 2.36. The topological polar surface area (TPSA) is 47.7 Å². The lowest BCUT2D eigenvalue weighted by Gasteiger charge is -2.30. The molecule has 0 spiro atoms. The molecule has 1 fully saturated rings. The number of ether oxygens (including phenoxy) is 2. The summed E-state index contributed by atoms with van der Waals surface area (Å²) in [6, 6.07) is 3.89. The van der Waals surface area contributed by atoms with E-state index in [0.29, 0.717) is 11.4 Å². The van der Waals surface area contributed by atoms with Crippen molar-refractivity contribution in [2.75, 3.05) is 44.0 Å². The number of nitrogens with two attached hydrogens (primary N) is 1. The van der Waals surface area contributed by atoms with E-state index in [1.165, 1.54) is 0 Å². The Balaban J connectivity index is 2.34. The fraction of sp³-hybridized carbons (Fsp3) is 0.455. The third kappa shape index (κ3) is 2.25. The predicted molar refractivity (Wildman–Crippen MR) is 68.1 cm³/mol. The average Bonchev–Trinajstić information content (AvgIpc) is 2.33. The summed E-state index contributed by atoms with van der Waals surface area (Å²) in [6.07, 6.45) is 0. The molecule has 2 N–H and O–H groups in total. The molecule has 4 nitrogen and oxygen atoms in total. The number of halogens is 1. The molecule has 1 aromatic carbocycles. The maximum atomic E-state index is 6.07. The molecule has 1 heterocycles. The minimum absolute atomic E-state index is 0.688. The number of anilines is 2. The molecule has 0 atom stereocenters. The number of morpholine rings is 1. The number of benzene rings is 1. The van der Waals surface area contributed by atoms with Gasteiger partial charge in [-0.15, -0.1) is 0 Å². The highest BCUT2D eigenvalue weighted by Gasteiger charge is 2.16. The van der Waals surface area contributed by atoms with E-state index in [1.54, 1.807) is 7.11 Å². The molecule has 16 heavy (non-hydrogen) atoms. The molecule has 1 aliphatic heterocycles. The second kappa shape index (κ2) is 4.93. The maximum Gasteiger partial charge on any atom is 0.145 e. The average molecular weight is 287 g/mol. The summed E-state index contributed by atoms with van der Waals surface area (Å²) in [5.41, 5.74) is 7.76. The van der Waals surface area contributed by atoms with Crippen molar-refractivity contribution in [3.63, 3.8) is 0 Å². The van der Waals surface area contributed by atoms with E-state index < -0.39 is 0 Å². The molecule has 88 valence electrons. The SMILES string of the molecule is COc1cc(Br)cc(N2CCOCC2)c1N. The van der Waals surface area contributed by atoms with Crippen LogP contribution in [0.5, 0.6) is 5.75 Å². The number of rotatable bonds is 2. The lowest BCUT2D eigenvalue weighted by molar-refractivity contribution is 0.122. The van der Waals surface area contributed by atoms with Crippen LogP contribution in [0.15, 0.2) is 16.6 Å². The molecule has 1 aromatic rings. The van der Waals surface area contributed by atoms with Gasteiger partial charge in [-0.2, -0.15) is 0 Å². The minimum atomic E-state index is 0.688. The lowest BCUT2D eigenvalue weighted by atomic mass is 10.2. The van der Waals surface area contributed by atoms with Gasteiger partial charge in [-0.1, -0.05) is 15.9 Å². The third-order valence-corrected chi connectivity index (χ3v) is 3.11. The maximum absolute atomic E-state index is 6.07. The first kappa shape index (κ1) is 11.5. The fourth-order valence-corrected chi connectivity index (χ4v) is 2.24. The van der Waals surface area contributed by atoms with E-state index in [-0.39, 0.29) is 0 Å². The molecule has 2 rings (SSSR count). The normalized spacial score (nSPS) is 16.2. The number of methoxy groups -OCH3 is 1. The van der Waals surface area contributed by atoms with Crippen molar-refractivity contribution < 1.29 is 9.47 Å². The van der Waals surface area contributed by atoms with Crippen LogP contribution in [0.1, 0.15) is 0 Å². The van der Waals surface area contributed by atoms with Gasteiger partial charge in [0.15, 0.2) is 0 Å². The Bertz CT molecular complexity index is 378. The first-order valence-electron chi connectivity index (χ1n) is 5.18. The molecule has 1 aliphatic rings. The van der Waals surface area contributed by atoms with Gasteiger partial charge >= 0.3 is 0 Å². The van der Waals surface area contributed by atoms with Crippen LogP contribution in [-0.2, 0) is 4.74 Å². The van der Waals surface area contributed by atoms with Gasteiger partial charge in [0.25, 0.3) is 0 Å². The molecule has 0 radical (unpaired) electrons. The lowest BCUT2D eigenvalue weighted by Crippen LogP contribution is -2.36. The standard InChI is InChI=1S/C11H15BrN2O2/c1-15-10-7-8(12)6-9(11(10)13)14-2-4-16-5-3-14/h6-7H,2-5,13H2,1H3. The van der Waals surface area contributed by atoms with Crippen LogP contribution in [-0.4, -0.2) is 33.4 Å². The van der Waals surface area contributed by atoms with E-state index in [9.17, 15) is 0 Å². The van der Waals surface area contributed by atoms with E-state index in [2.05, 4.69) is 20.8 Å². The number of nitrogen functional groups attached to an aromatic ring is 1. The van der Waals surface area contributed by atoms with Crippen LogP contribution in [0.2, 0.25) is 0 Å². The van der Waals surface area contributed by atoms with E-state index >= 15 is 0 Å². The zero-order chi connectivity index (χ0) is 11.5. The monoisotopic (exact) mass is 286 g/mol. The smallest absolute Gasteiger partial charge is 0.145 e. The minimum Gasteiger partial charge on any atom is -0.494 e. The van der Waals surface area contributed by atoms with Gasteiger partial charge in [0.05, 0.1) is 31.7 Å². The molecule has 0 bridgehead atoms. The fourth-order valence-electron chi connectivity index (χ4n) is 1.81. The van der Waals surface area contributed by atoms with Gasteiger partial charge in [0, 0.05) is 17.6 Å². The Morgan fingerprint density at radius 2 is 2.06 bits per heavy atom. The highest BCUT2D eigenvalue weighted by molar-refractivity contribution is 9.10. The van der Waals surface area contributed by atoms with Gasteiger partial charge in [0.1, 0.15) is 5.75 Å². The van der Waals surface area contributed by atoms with Gasteiger partial charge in [-0.05, 0) is 12.1 Å².